The first-order valence-corrected chi connectivity index (χ1v) is 14.4. The largest absolute Gasteiger partial charge is 0.460 e. The number of hydrogen-bond acceptors (Lipinski definition) is 9. The summed E-state index contributed by atoms with van der Waals surface area (Å²) in [5, 5.41) is 24.0. The predicted octanol–water partition coefficient (Wildman–Crippen LogP) is 6.23. The molecule has 5 rings (SSSR count). The number of amides is 1. The number of aliphatic hydroxyl groups excluding tert-OH is 1. The Morgan fingerprint density at radius 2 is 1.68 bits per heavy atom. The van der Waals surface area contributed by atoms with Crippen molar-refractivity contribution in [3.63, 3.8) is 0 Å². The summed E-state index contributed by atoms with van der Waals surface area (Å²) in [7, 11) is 0. The number of ether oxygens (including phenoxy) is 2. The van der Waals surface area contributed by atoms with E-state index in [4.69, 9.17) is 25.5 Å². The van der Waals surface area contributed by atoms with Gasteiger partial charge >= 0.3 is 12.1 Å². The molecule has 4 aromatic rings. The van der Waals surface area contributed by atoms with Crippen molar-refractivity contribution in [2.45, 2.75) is 19.6 Å². The van der Waals surface area contributed by atoms with Crippen LogP contribution < -0.4 is 4.90 Å². The number of piperazine rings is 1. The van der Waals surface area contributed by atoms with Gasteiger partial charge < -0.3 is 28.8 Å². The highest BCUT2D eigenvalue weighted by Crippen LogP contribution is 2.38. The van der Waals surface area contributed by atoms with Gasteiger partial charge in [0.2, 0.25) is 5.76 Å². The Hall–Kier alpha value is -4.87. The van der Waals surface area contributed by atoms with Crippen LogP contribution in [0.15, 0.2) is 83.3 Å². The minimum Gasteiger partial charge on any atom is -0.460 e. The zero-order valence-corrected chi connectivity index (χ0v) is 24.6. The number of hydrogen-bond donors (Lipinski definition) is 1. The van der Waals surface area contributed by atoms with E-state index in [-0.39, 0.29) is 41.5 Å². The summed E-state index contributed by atoms with van der Waals surface area (Å²) < 4.78 is 16.4. The Bertz CT molecular complexity index is 1630. The van der Waals surface area contributed by atoms with E-state index in [9.17, 15) is 24.8 Å². The number of halogens is 1. The number of benzene rings is 3. The van der Waals surface area contributed by atoms with Crippen molar-refractivity contribution in [3.05, 3.63) is 116 Å². The van der Waals surface area contributed by atoms with Gasteiger partial charge in [-0.25, -0.2) is 9.59 Å². The second-order valence-corrected chi connectivity index (χ2v) is 10.5. The number of esters is 1. The topological polar surface area (TPSA) is 136 Å². The molecule has 11 nitrogen and oxygen atoms in total. The number of nitro groups is 1. The normalized spacial score (nSPS) is 13.8. The van der Waals surface area contributed by atoms with E-state index in [1.54, 1.807) is 42.2 Å². The van der Waals surface area contributed by atoms with Crippen LogP contribution in [0.1, 0.15) is 40.3 Å². The Morgan fingerprint density at radius 3 is 2.34 bits per heavy atom. The molecule has 44 heavy (non-hydrogen) atoms. The molecule has 0 saturated carbocycles. The van der Waals surface area contributed by atoms with Crippen LogP contribution in [0.25, 0.3) is 11.3 Å². The van der Waals surface area contributed by atoms with E-state index in [1.807, 2.05) is 35.2 Å². The number of furan rings is 1. The van der Waals surface area contributed by atoms with Crippen molar-refractivity contribution >= 4 is 35.0 Å². The molecule has 0 spiro atoms. The lowest BCUT2D eigenvalue weighted by Crippen LogP contribution is -2.49. The van der Waals surface area contributed by atoms with Crippen LogP contribution in [0.3, 0.4) is 0 Å². The van der Waals surface area contributed by atoms with Crippen LogP contribution in [-0.2, 0) is 16.1 Å². The number of rotatable bonds is 9. The van der Waals surface area contributed by atoms with Gasteiger partial charge in [-0.15, -0.1) is 0 Å². The maximum absolute atomic E-state index is 12.8. The Labute approximate surface area is 258 Å². The van der Waals surface area contributed by atoms with Crippen molar-refractivity contribution in [1.29, 1.82) is 0 Å². The molecule has 2 heterocycles. The van der Waals surface area contributed by atoms with Gasteiger partial charge in [0, 0.05) is 54.1 Å². The second-order valence-electron chi connectivity index (χ2n) is 10.0. The van der Waals surface area contributed by atoms with Gasteiger partial charge in [-0.05, 0) is 55.0 Å². The molecule has 0 radical (unpaired) electrons. The average Bonchev–Trinajstić information content (AvgIpc) is 3.50. The summed E-state index contributed by atoms with van der Waals surface area (Å²) in [4.78, 5) is 40.4. The molecule has 1 aliphatic rings. The lowest BCUT2D eigenvalue weighted by atomic mass is 9.98. The SMILES string of the molecule is CCOC(=O)c1oc(-c2ccc(Cl)cc2)cc1C(O)c1cc(N2CCN(C(=O)OCc3ccccc3)CC2)ccc1[N+](=O)[O-]. The fourth-order valence-corrected chi connectivity index (χ4v) is 5.10. The molecule has 228 valence electrons. The number of carbonyl (C=O) groups excluding carboxylic acids is 2. The lowest BCUT2D eigenvalue weighted by molar-refractivity contribution is -0.386. The summed E-state index contributed by atoms with van der Waals surface area (Å²) in [6.07, 6.45) is -2.01. The molecule has 1 amide bonds. The van der Waals surface area contributed by atoms with Gasteiger partial charge in [0.25, 0.3) is 5.69 Å². The Morgan fingerprint density at radius 1 is 0.977 bits per heavy atom. The van der Waals surface area contributed by atoms with Gasteiger partial charge in [0.05, 0.1) is 17.1 Å². The van der Waals surface area contributed by atoms with Crippen molar-refractivity contribution < 1.29 is 33.5 Å². The Kier molecular flexibility index (Phi) is 9.47. The maximum atomic E-state index is 12.8. The quantitative estimate of drug-likeness (QED) is 0.131. The Balaban J connectivity index is 1.37. The molecule has 1 fully saturated rings. The predicted molar refractivity (Wildman–Crippen MR) is 163 cm³/mol. The number of anilines is 1. The molecular formula is C32H30ClN3O8. The summed E-state index contributed by atoms with van der Waals surface area (Å²) in [6.45, 7) is 3.50. The van der Waals surface area contributed by atoms with E-state index in [0.29, 0.717) is 42.5 Å². The van der Waals surface area contributed by atoms with Gasteiger partial charge in [-0.2, -0.15) is 0 Å². The molecule has 0 aliphatic carbocycles. The number of nitro benzene ring substituents is 1. The van der Waals surface area contributed by atoms with Gasteiger partial charge in [0.15, 0.2) is 0 Å². The fraction of sp³-hybridized carbons (Fsp3) is 0.250. The summed E-state index contributed by atoms with van der Waals surface area (Å²) >= 11 is 6.01. The van der Waals surface area contributed by atoms with Gasteiger partial charge in [-0.1, -0.05) is 41.9 Å². The van der Waals surface area contributed by atoms with Crippen molar-refractivity contribution in [2.75, 3.05) is 37.7 Å². The highest BCUT2D eigenvalue weighted by molar-refractivity contribution is 6.30. The van der Waals surface area contributed by atoms with Crippen LogP contribution in [0, 0.1) is 10.1 Å². The molecular weight excluding hydrogens is 590 g/mol. The monoisotopic (exact) mass is 619 g/mol. The summed E-state index contributed by atoms with van der Waals surface area (Å²) in [5.41, 5.74) is 1.77. The first-order chi connectivity index (χ1) is 21.2. The molecule has 1 aliphatic heterocycles. The fourth-order valence-electron chi connectivity index (χ4n) is 4.97. The lowest BCUT2D eigenvalue weighted by Gasteiger charge is -2.35. The standard InChI is InChI=1S/C32H30ClN3O8/c1-2-42-31(38)30-26(19-28(44-30)22-8-10-23(33)11-9-22)29(37)25-18-24(12-13-27(25)36(40)41)34-14-16-35(17-15-34)32(39)43-20-21-6-4-3-5-7-21/h3-13,18-19,29,37H,2,14-17,20H2,1H3. The molecule has 0 bridgehead atoms. The third kappa shape index (κ3) is 6.85. The zero-order valence-electron chi connectivity index (χ0n) is 23.9. The van der Waals surface area contributed by atoms with E-state index in [0.717, 1.165) is 5.56 Å². The first kappa shape index (κ1) is 30.6. The van der Waals surface area contributed by atoms with Crippen LogP contribution in [0.5, 0.6) is 0 Å². The number of carbonyl (C=O) groups is 2. The molecule has 12 heteroatoms. The van der Waals surface area contributed by atoms with E-state index >= 15 is 0 Å². The number of aliphatic hydroxyl groups is 1. The minimum atomic E-state index is -1.59. The maximum Gasteiger partial charge on any atom is 0.410 e. The smallest absolute Gasteiger partial charge is 0.410 e. The highest BCUT2D eigenvalue weighted by Gasteiger charge is 2.31. The summed E-state index contributed by atoms with van der Waals surface area (Å²) in [6, 6.07) is 22.0. The third-order valence-electron chi connectivity index (χ3n) is 7.26. The van der Waals surface area contributed by atoms with Crippen LogP contribution in [0.2, 0.25) is 5.02 Å². The molecule has 3 aromatic carbocycles. The van der Waals surface area contributed by atoms with Crippen LogP contribution >= 0.6 is 11.6 Å². The van der Waals surface area contributed by atoms with Crippen molar-refractivity contribution in [2.24, 2.45) is 0 Å². The first-order valence-electron chi connectivity index (χ1n) is 14.0. The molecule has 1 aromatic heterocycles. The zero-order chi connectivity index (χ0) is 31.2. The summed E-state index contributed by atoms with van der Waals surface area (Å²) in [5.74, 6) is -0.810. The third-order valence-corrected chi connectivity index (χ3v) is 7.51. The molecule has 1 atom stereocenters. The van der Waals surface area contributed by atoms with Crippen molar-refractivity contribution in [3.8, 4) is 11.3 Å². The van der Waals surface area contributed by atoms with Gasteiger partial charge in [0.1, 0.15) is 18.5 Å². The highest BCUT2D eigenvalue weighted by atomic mass is 35.5. The van der Waals surface area contributed by atoms with Crippen LogP contribution in [-0.4, -0.2) is 59.8 Å². The van der Waals surface area contributed by atoms with Crippen molar-refractivity contribution in [1.82, 2.24) is 4.90 Å². The van der Waals surface area contributed by atoms with Gasteiger partial charge in [-0.3, -0.25) is 10.1 Å². The second kappa shape index (κ2) is 13.6. The van der Waals surface area contributed by atoms with E-state index in [1.165, 1.54) is 18.2 Å². The number of nitrogens with zero attached hydrogens (tertiary/aromatic N) is 3. The molecule has 1 saturated heterocycles. The average molecular weight is 620 g/mol. The van der Waals surface area contributed by atoms with Crippen LogP contribution in [0.4, 0.5) is 16.2 Å². The van der Waals surface area contributed by atoms with E-state index < -0.39 is 23.1 Å². The molecule has 1 unspecified atom stereocenters. The van der Waals surface area contributed by atoms with E-state index in [2.05, 4.69) is 0 Å². The minimum absolute atomic E-state index is 0.0220. The molecule has 1 N–H and O–H groups in total.